The summed E-state index contributed by atoms with van der Waals surface area (Å²) in [5.74, 6) is -1.78. The van der Waals surface area contributed by atoms with Crippen molar-refractivity contribution >= 4 is 35.0 Å². The molecule has 0 aliphatic carbocycles. The number of carbonyl (C=O) groups excluding carboxylic acids is 4. The van der Waals surface area contributed by atoms with Crippen LogP contribution in [0.4, 0.5) is 4.39 Å². The van der Waals surface area contributed by atoms with E-state index in [1.165, 1.54) is 35.5 Å². The molecule has 0 bridgehead atoms. The highest BCUT2D eigenvalue weighted by atomic mass is 32.1. The number of ether oxygens (including phenoxy) is 1. The zero-order valence-corrected chi connectivity index (χ0v) is 17.5. The summed E-state index contributed by atoms with van der Waals surface area (Å²) < 4.78 is 18.8. The molecule has 10 heteroatoms. The van der Waals surface area contributed by atoms with Crippen molar-refractivity contribution in [2.24, 2.45) is 0 Å². The van der Waals surface area contributed by atoms with Crippen LogP contribution in [0, 0.1) is 5.82 Å². The minimum atomic E-state index is -0.644. The number of fused-ring (bicyclic) bond motifs is 1. The minimum Gasteiger partial charge on any atom is -0.493 e. The van der Waals surface area contributed by atoms with Gasteiger partial charge in [-0.2, -0.15) is 0 Å². The molecule has 1 atom stereocenters. The zero-order chi connectivity index (χ0) is 22.1. The first-order chi connectivity index (χ1) is 14.9. The number of carbonyl (C=O) groups is 4. The van der Waals surface area contributed by atoms with E-state index in [1.54, 1.807) is 6.07 Å². The summed E-state index contributed by atoms with van der Waals surface area (Å²) in [5.41, 5.74) is 1.25. The summed E-state index contributed by atoms with van der Waals surface area (Å²) in [6.45, 7) is 0.533. The van der Waals surface area contributed by atoms with Gasteiger partial charge in [-0.15, -0.1) is 11.3 Å². The first-order valence-electron chi connectivity index (χ1n) is 9.71. The largest absolute Gasteiger partial charge is 0.493 e. The van der Waals surface area contributed by atoms with Crippen LogP contribution in [0.3, 0.4) is 0 Å². The number of para-hydroxylation sites is 1. The number of nitrogens with zero attached hydrogens (tertiary/aromatic N) is 1. The summed E-state index contributed by atoms with van der Waals surface area (Å²) in [4.78, 5) is 51.3. The van der Waals surface area contributed by atoms with E-state index < -0.39 is 17.8 Å². The Morgan fingerprint density at radius 2 is 2.16 bits per heavy atom. The number of nitrogens with one attached hydrogen (secondary N) is 2. The quantitative estimate of drug-likeness (QED) is 0.656. The smallest absolute Gasteiger partial charge is 0.265 e. The molecule has 2 aromatic rings. The monoisotopic (exact) mass is 445 g/mol. The molecule has 1 aromatic carbocycles. The van der Waals surface area contributed by atoms with E-state index in [9.17, 15) is 23.6 Å². The van der Waals surface area contributed by atoms with E-state index in [1.807, 2.05) is 6.07 Å². The maximum Gasteiger partial charge on any atom is 0.265 e. The molecule has 3 heterocycles. The number of amides is 4. The number of piperidine rings is 1. The molecular formula is C21H20FN3O5S. The summed E-state index contributed by atoms with van der Waals surface area (Å²) in [5, 5.41) is 5.05. The van der Waals surface area contributed by atoms with Crippen molar-refractivity contribution in [1.82, 2.24) is 15.5 Å². The molecule has 1 aromatic heterocycles. The molecule has 1 fully saturated rings. The third kappa shape index (κ3) is 4.15. The fourth-order valence-corrected chi connectivity index (χ4v) is 4.90. The Labute approximate surface area is 181 Å². The lowest BCUT2D eigenvalue weighted by Gasteiger charge is -2.29. The Morgan fingerprint density at radius 1 is 1.35 bits per heavy atom. The summed E-state index contributed by atoms with van der Waals surface area (Å²) in [6, 6.07) is 5.61. The van der Waals surface area contributed by atoms with E-state index >= 15 is 0 Å². The first-order valence-corrected chi connectivity index (χ1v) is 10.5. The van der Waals surface area contributed by atoms with Crippen LogP contribution in [-0.2, 0) is 33.9 Å². The predicted molar refractivity (Wildman–Crippen MR) is 109 cm³/mol. The first kappa shape index (κ1) is 21.0. The van der Waals surface area contributed by atoms with Gasteiger partial charge >= 0.3 is 0 Å². The van der Waals surface area contributed by atoms with Crippen molar-refractivity contribution in [3.8, 4) is 5.75 Å². The lowest BCUT2D eigenvalue weighted by atomic mass is 10.0. The van der Waals surface area contributed by atoms with Crippen LogP contribution in [0.2, 0.25) is 0 Å². The third-order valence-corrected chi connectivity index (χ3v) is 6.47. The van der Waals surface area contributed by atoms with Gasteiger partial charge in [0.05, 0.1) is 25.0 Å². The lowest BCUT2D eigenvalue weighted by molar-refractivity contribution is -0.137. The van der Waals surface area contributed by atoms with Crippen LogP contribution < -0.4 is 15.4 Å². The molecule has 8 nitrogen and oxygen atoms in total. The van der Waals surface area contributed by atoms with E-state index in [0.29, 0.717) is 23.4 Å². The molecule has 2 N–H and O–H groups in total. The Hall–Kier alpha value is -3.27. The average molecular weight is 445 g/mol. The van der Waals surface area contributed by atoms with Crippen LogP contribution >= 0.6 is 11.3 Å². The van der Waals surface area contributed by atoms with Gasteiger partial charge in [0.25, 0.3) is 5.91 Å². The number of halogens is 1. The molecule has 2 aliphatic heterocycles. The molecule has 2 aliphatic rings. The number of imide groups is 1. The Balaban J connectivity index is 1.36. The van der Waals surface area contributed by atoms with Gasteiger partial charge in [0.2, 0.25) is 17.7 Å². The topological polar surface area (TPSA) is 105 Å². The van der Waals surface area contributed by atoms with Crippen molar-refractivity contribution in [3.63, 3.8) is 0 Å². The van der Waals surface area contributed by atoms with Gasteiger partial charge in [0.1, 0.15) is 6.04 Å². The van der Waals surface area contributed by atoms with Crippen molar-refractivity contribution in [2.75, 3.05) is 7.11 Å². The summed E-state index contributed by atoms with van der Waals surface area (Å²) in [7, 11) is 1.35. The molecular weight excluding hydrogens is 425 g/mol. The zero-order valence-electron chi connectivity index (χ0n) is 16.7. The number of benzene rings is 1. The third-order valence-electron chi connectivity index (χ3n) is 5.31. The number of methoxy groups -OCH3 is 1. The maximum atomic E-state index is 13.8. The molecule has 1 unspecified atom stereocenters. The van der Waals surface area contributed by atoms with Gasteiger partial charge in [-0.3, -0.25) is 24.5 Å². The molecule has 0 saturated carbocycles. The van der Waals surface area contributed by atoms with Gasteiger partial charge < -0.3 is 15.0 Å². The standard InChI is InChI=1S/C21H20FN3O5S/c1-30-18-11(3-2-4-14(18)22)8-17(27)23-9-13-7-12-10-25(21(29)19(12)31-13)15-5-6-16(26)24-20(15)28/h2-4,7,15H,5-6,8-10H2,1H3,(H,23,27)(H,24,26,28). The van der Waals surface area contributed by atoms with E-state index in [2.05, 4.69) is 10.6 Å². The molecule has 162 valence electrons. The second-order valence-electron chi connectivity index (χ2n) is 7.35. The van der Waals surface area contributed by atoms with Crippen LogP contribution in [-0.4, -0.2) is 41.7 Å². The molecule has 0 spiro atoms. The summed E-state index contributed by atoms with van der Waals surface area (Å²) >= 11 is 1.27. The number of hydrogen-bond acceptors (Lipinski definition) is 6. The summed E-state index contributed by atoms with van der Waals surface area (Å²) in [6.07, 6.45) is 0.493. The molecule has 4 rings (SSSR count). The van der Waals surface area contributed by atoms with Gasteiger partial charge in [-0.25, -0.2) is 4.39 Å². The van der Waals surface area contributed by atoms with Crippen molar-refractivity contribution in [2.45, 2.75) is 38.4 Å². The maximum absolute atomic E-state index is 13.8. The molecule has 0 radical (unpaired) electrons. The predicted octanol–water partition coefficient (Wildman–Crippen LogP) is 1.52. The Kier molecular flexibility index (Phi) is 5.73. The molecule has 31 heavy (non-hydrogen) atoms. The SMILES string of the molecule is COc1c(F)cccc1CC(=O)NCc1cc2c(s1)C(=O)N(C1CCC(=O)NC1=O)C2. The minimum absolute atomic E-state index is 0.0335. The van der Waals surface area contributed by atoms with Crippen LogP contribution in [0.25, 0.3) is 0 Å². The van der Waals surface area contributed by atoms with E-state index in [4.69, 9.17) is 4.74 Å². The van der Waals surface area contributed by atoms with E-state index in [0.717, 1.165) is 10.4 Å². The van der Waals surface area contributed by atoms with Gasteiger partial charge in [-0.1, -0.05) is 12.1 Å². The number of thiophene rings is 1. The number of rotatable bonds is 6. The highest BCUT2D eigenvalue weighted by Gasteiger charge is 2.40. The second-order valence-corrected chi connectivity index (χ2v) is 8.49. The van der Waals surface area contributed by atoms with Gasteiger partial charge in [-0.05, 0) is 24.1 Å². The normalized spacial score (nSPS) is 18.1. The number of hydrogen-bond donors (Lipinski definition) is 2. The lowest BCUT2D eigenvalue weighted by Crippen LogP contribution is -2.52. The van der Waals surface area contributed by atoms with Gasteiger partial charge in [0.15, 0.2) is 11.6 Å². The van der Waals surface area contributed by atoms with Crippen LogP contribution in [0.15, 0.2) is 24.3 Å². The highest BCUT2D eigenvalue weighted by Crippen LogP contribution is 2.33. The fourth-order valence-electron chi connectivity index (χ4n) is 3.83. The van der Waals surface area contributed by atoms with Crippen molar-refractivity contribution < 1.29 is 28.3 Å². The highest BCUT2D eigenvalue weighted by molar-refractivity contribution is 7.14. The van der Waals surface area contributed by atoms with Crippen LogP contribution in [0.5, 0.6) is 5.75 Å². The van der Waals surface area contributed by atoms with Crippen molar-refractivity contribution in [1.29, 1.82) is 0 Å². The van der Waals surface area contributed by atoms with E-state index in [-0.39, 0.29) is 42.9 Å². The molecule has 4 amide bonds. The van der Waals surface area contributed by atoms with Crippen LogP contribution in [0.1, 0.15) is 38.5 Å². The second kappa shape index (κ2) is 8.46. The Morgan fingerprint density at radius 3 is 2.87 bits per heavy atom. The Bertz CT molecular complexity index is 1080. The molecule has 1 saturated heterocycles. The van der Waals surface area contributed by atoms with Crippen molar-refractivity contribution in [3.05, 3.63) is 51.0 Å². The fraction of sp³-hybridized carbons (Fsp3) is 0.333. The average Bonchev–Trinajstić information content (AvgIpc) is 3.26. The van der Waals surface area contributed by atoms with Gasteiger partial charge in [0, 0.05) is 23.4 Å².